The molecule has 1 fully saturated rings. The fraction of sp³-hybridized carbons (Fsp3) is 0.200. The quantitative estimate of drug-likeness (QED) is 0.469. The van der Waals surface area contributed by atoms with Gasteiger partial charge in [0.25, 0.3) is 5.88 Å². The van der Waals surface area contributed by atoms with E-state index in [1.165, 1.54) is 6.92 Å². The lowest BCUT2D eigenvalue weighted by Crippen LogP contribution is -2.08. The molecule has 0 radical (unpaired) electrons. The number of fused-ring (bicyclic) bond motifs is 1. The Bertz CT molecular complexity index is 1270. The van der Waals surface area contributed by atoms with Gasteiger partial charge in [-0.05, 0) is 30.2 Å². The van der Waals surface area contributed by atoms with Crippen molar-refractivity contribution in [3.8, 4) is 17.4 Å². The summed E-state index contributed by atoms with van der Waals surface area (Å²) in [4.78, 5) is 22.2. The molecule has 4 heterocycles. The smallest absolute Gasteiger partial charge is 0.277 e. The van der Waals surface area contributed by atoms with Crippen molar-refractivity contribution in [3.05, 3.63) is 71.2 Å². The van der Waals surface area contributed by atoms with E-state index in [1.807, 2.05) is 0 Å². The van der Waals surface area contributed by atoms with Crippen LogP contribution in [0.4, 0.5) is 13.2 Å². The predicted molar refractivity (Wildman–Crippen MR) is 100 cm³/mol. The van der Waals surface area contributed by atoms with E-state index < -0.39 is 17.5 Å². The summed E-state index contributed by atoms with van der Waals surface area (Å²) in [6.07, 6.45) is 5.90. The van der Waals surface area contributed by atoms with Crippen LogP contribution in [0.15, 0.2) is 36.9 Å². The first kappa shape index (κ1) is 18.5. The lowest BCUT2D eigenvalue weighted by molar-refractivity contribution is 0.0567. The molecular formula is C20H15F3N6O. The second kappa shape index (κ2) is 7.06. The average Bonchev–Trinajstić information content (AvgIpc) is 3.40. The van der Waals surface area contributed by atoms with E-state index in [1.54, 1.807) is 28.1 Å². The van der Waals surface area contributed by atoms with Gasteiger partial charge in [0.05, 0.1) is 25.0 Å². The van der Waals surface area contributed by atoms with Gasteiger partial charge in [-0.15, -0.1) is 5.06 Å². The predicted octanol–water partition coefficient (Wildman–Crippen LogP) is 3.11. The number of hydrogen-bond acceptors (Lipinski definition) is 6. The lowest BCUT2D eigenvalue weighted by Gasteiger charge is -2.10. The number of aryl methyl sites for hydroxylation is 1. The molecule has 7 nitrogen and oxygen atoms in total. The van der Waals surface area contributed by atoms with Gasteiger partial charge in [-0.2, -0.15) is 9.37 Å². The van der Waals surface area contributed by atoms with Crippen LogP contribution in [-0.2, 0) is 6.42 Å². The number of aromatic nitrogens is 5. The number of hydroxylamine groups is 2. The average molecular weight is 412 g/mol. The molecule has 5 rings (SSSR count). The molecule has 1 aliphatic heterocycles. The summed E-state index contributed by atoms with van der Waals surface area (Å²) in [7, 11) is 0. The first-order chi connectivity index (χ1) is 14.5. The van der Waals surface area contributed by atoms with Crippen LogP contribution in [0.2, 0.25) is 0 Å². The number of halogens is 3. The summed E-state index contributed by atoms with van der Waals surface area (Å²) in [5, 5.41) is 1.54. The van der Waals surface area contributed by atoms with Gasteiger partial charge in [0.1, 0.15) is 17.3 Å². The molecule has 30 heavy (non-hydrogen) atoms. The molecule has 3 aromatic heterocycles. The Morgan fingerprint density at radius 2 is 1.87 bits per heavy atom. The molecule has 1 aliphatic rings. The number of hydrogen-bond donors (Lipinski definition) is 0. The minimum Gasteiger partial charge on any atom is -0.382 e. The highest BCUT2D eigenvalue weighted by atomic mass is 19.1. The van der Waals surface area contributed by atoms with Gasteiger partial charge in [0.15, 0.2) is 11.5 Å². The van der Waals surface area contributed by atoms with Crippen molar-refractivity contribution in [2.24, 2.45) is 0 Å². The maximum atomic E-state index is 14.4. The van der Waals surface area contributed by atoms with Crippen molar-refractivity contribution in [3.63, 3.8) is 0 Å². The zero-order chi connectivity index (χ0) is 20.8. The van der Waals surface area contributed by atoms with Crippen LogP contribution >= 0.6 is 0 Å². The summed E-state index contributed by atoms with van der Waals surface area (Å²) in [6, 6.07) is 2.31. The van der Waals surface area contributed by atoms with Crippen LogP contribution in [0.5, 0.6) is 5.88 Å². The van der Waals surface area contributed by atoms with Crippen LogP contribution in [0.25, 0.3) is 17.2 Å². The van der Waals surface area contributed by atoms with Gasteiger partial charge in [-0.25, -0.2) is 23.7 Å². The SMILES string of the molecule is Cc1cc(F)c(Cc2nc(-c3ncc(F)c(ON4CC4)n3)cn3ccnc23)cc1F. The van der Waals surface area contributed by atoms with Gasteiger partial charge in [-0.1, -0.05) is 0 Å². The van der Waals surface area contributed by atoms with Crippen LogP contribution in [0.1, 0.15) is 16.8 Å². The summed E-state index contributed by atoms with van der Waals surface area (Å²) in [5.41, 5.74) is 1.59. The Balaban J connectivity index is 1.58. The van der Waals surface area contributed by atoms with E-state index in [2.05, 4.69) is 19.9 Å². The van der Waals surface area contributed by atoms with Crippen LogP contribution in [0, 0.1) is 24.4 Å². The molecule has 0 unspecified atom stereocenters. The van der Waals surface area contributed by atoms with Gasteiger partial charge >= 0.3 is 0 Å². The molecule has 0 atom stereocenters. The normalized spacial score (nSPS) is 13.7. The van der Waals surface area contributed by atoms with Crippen LogP contribution in [-0.4, -0.2) is 42.5 Å². The maximum absolute atomic E-state index is 14.4. The number of rotatable bonds is 5. The summed E-state index contributed by atoms with van der Waals surface area (Å²) >= 11 is 0. The van der Waals surface area contributed by atoms with Crippen molar-refractivity contribution in [1.82, 2.24) is 29.4 Å². The van der Waals surface area contributed by atoms with Gasteiger partial charge in [0.2, 0.25) is 5.82 Å². The molecule has 4 aromatic rings. The molecule has 0 bridgehead atoms. The van der Waals surface area contributed by atoms with Crippen molar-refractivity contribution in [1.29, 1.82) is 0 Å². The summed E-state index contributed by atoms with van der Waals surface area (Å²) in [6.45, 7) is 2.89. The molecule has 0 amide bonds. The number of imidazole rings is 1. The van der Waals surface area contributed by atoms with E-state index >= 15 is 0 Å². The van der Waals surface area contributed by atoms with E-state index in [9.17, 15) is 13.2 Å². The summed E-state index contributed by atoms with van der Waals surface area (Å²) in [5.74, 6) is -1.77. The highest BCUT2D eigenvalue weighted by Gasteiger charge is 2.23. The molecule has 0 aliphatic carbocycles. The fourth-order valence-electron chi connectivity index (χ4n) is 3.02. The molecule has 1 aromatic carbocycles. The van der Waals surface area contributed by atoms with Gasteiger partial charge in [-0.3, -0.25) is 0 Å². The van der Waals surface area contributed by atoms with Gasteiger partial charge in [0, 0.05) is 25.0 Å². The third-order valence-electron chi connectivity index (χ3n) is 4.69. The van der Waals surface area contributed by atoms with E-state index in [0.29, 0.717) is 30.1 Å². The molecule has 1 saturated heterocycles. The Morgan fingerprint density at radius 3 is 2.67 bits per heavy atom. The van der Waals surface area contributed by atoms with E-state index in [-0.39, 0.29) is 29.3 Å². The highest BCUT2D eigenvalue weighted by molar-refractivity contribution is 5.56. The second-order valence-electron chi connectivity index (χ2n) is 6.97. The molecular weight excluding hydrogens is 397 g/mol. The Morgan fingerprint density at radius 1 is 1.03 bits per heavy atom. The fourth-order valence-corrected chi connectivity index (χ4v) is 3.02. The Kier molecular flexibility index (Phi) is 4.35. The Hall–Kier alpha value is -3.53. The summed E-state index contributed by atoms with van der Waals surface area (Å²) < 4.78 is 44.0. The third-order valence-corrected chi connectivity index (χ3v) is 4.69. The maximum Gasteiger partial charge on any atom is 0.277 e. The minimum atomic E-state index is -0.688. The highest BCUT2D eigenvalue weighted by Crippen LogP contribution is 2.24. The van der Waals surface area contributed by atoms with Crippen molar-refractivity contribution in [2.45, 2.75) is 13.3 Å². The number of nitrogens with zero attached hydrogens (tertiary/aromatic N) is 6. The topological polar surface area (TPSA) is 68.2 Å². The standard InChI is InChI=1S/C20H15F3N6O/c1-11-6-14(22)12(7-13(11)21)8-16-19-24-2-3-28(19)10-17(26-16)18-25-9-15(23)20(27-18)30-29-4-5-29/h2-3,6-7,9-10H,4-5,8H2,1H3. The van der Waals surface area contributed by atoms with Crippen molar-refractivity contribution < 1.29 is 18.0 Å². The lowest BCUT2D eigenvalue weighted by atomic mass is 10.1. The first-order valence-corrected chi connectivity index (χ1v) is 9.21. The molecule has 0 N–H and O–H groups in total. The van der Waals surface area contributed by atoms with E-state index in [0.717, 1.165) is 18.3 Å². The molecule has 0 saturated carbocycles. The Labute approximate surface area is 168 Å². The number of benzene rings is 1. The van der Waals surface area contributed by atoms with Crippen LogP contribution < -0.4 is 4.84 Å². The zero-order valence-corrected chi connectivity index (χ0v) is 15.8. The van der Waals surface area contributed by atoms with Crippen molar-refractivity contribution >= 4 is 5.65 Å². The van der Waals surface area contributed by atoms with Gasteiger partial charge < -0.3 is 9.24 Å². The molecule has 152 valence electrons. The van der Waals surface area contributed by atoms with Crippen molar-refractivity contribution in [2.75, 3.05) is 13.1 Å². The minimum absolute atomic E-state index is 0.00964. The largest absolute Gasteiger partial charge is 0.382 e. The monoisotopic (exact) mass is 412 g/mol. The molecule has 10 heteroatoms. The van der Waals surface area contributed by atoms with Crippen LogP contribution in [0.3, 0.4) is 0 Å². The van der Waals surface area contributed by atoms with E-state index in [4.69, 9.17) is 4.84 Å². The molecule has 0 spiro atoms. The zero-order valence-electron chi connectivity index (χ0n) is 15.8. The second-order valence-corrected chi connectivity index (χ2v) is 6.97. The first-order valence-electron chi connectivity index (χ1n) is 9.21. The third kappa shape index (κ3) is 3.45.